The predicted molar refractivity (Wildman–Crippen MR) is 287 cm³/mol. The number of rotatable bonds is 32. The number of carbonyl (C=O) groups excluding carboxylic acids is 10. The van der Waals surface area contributed by atoms with E-state index in [4.69, 9.17) is 9.94 Å². The molecule has 1 aliphatic rings. The van der Waals surface area contributed by atoms with Gasteiger partial charge in [-0.05, 0) is 68.4 Å². The third-order valence-electron chi connectivity index (χ3n) is 13.0. The number of aliphatic carboxylic acids is 3. The van der Waals surface area contributed by atoms with E-state index in [0.29, 0.717) is 10.8 Å². The lowest BCUT2D eigenvalue weighted by molar-refractivity contribution is -0.197. The van der Waals surface area contributed by atoms with Crippen molar-refractivity contribution in [1.82, 2.24) is 46.4 Å². The first-order valence-corrected chi connectivity index (χ1v) is 26.6. The van der Waals surface area contributed by atoms with Gasteiger partial charge >= 0.3 is 23.9 Å². The molecule has 456 valence electrons. The van der Waals surface area contributed by atoms with Gasteiger partial charge in [0.05, 0.1) is 12.5 Å². The van der Waals surface area contributed by atoms with Crippen LogP contribution in [0.2, 0.25) is 0 Å². The number of carboxylic acids is 3. The quantitative estimate of drug-likeness (QED) is 0.0389. The van der Waals surface area contributed by atoms with E-state index in [1.54, 1.807) is 67.9 Å². The number of carbonyl (C=O) groups is 13. The number of aliphatic hydroxyl groups is 1. The van der Waals surface area contributed by atoms with E-state index in [0.717, 1.165) is 30.7 Å². The summed E-state index contributed by atoms with van der Waals surface area (Å²) < 4.78 is 31.7. The molecule has 29 heteroatoms. The largest absolute Gasteiger partial charge is 0.481 e. The second kappa shape index (κ2) is 31.3. The van der Waals surface area contributed by atoms with E-state index in [9.17, 15) is 82.0 Å². The van der Waals surface area contributed by atoms with Gasteiger partial charge in [-0.3, -0.25) is 52.7 Å². The lowest BCUT2D eigenvalue weighted by Gasteiger charge is -2.41. The van der Waals surface area contributed by atoms with E-state index in [1.807, 2.05) is 0 Å². The van der Waals surface area contributed by atoms with Gasteiger partial charge in [0.1, 0.15) is 48.5 Å². The Morgan fingerprint density at radius 2 is 1.31 bits per heavy atom. The third-order valence-corrected chi connectivity index (χ3v) is 13.0. The fourth-order valence-electron chi connectivity index (χ4n) is 8.79. The van der Waals surface area contributed by atoms with Crippen LogP contribution in [0.3, 0.4) is 0 Å². The van der Waals surface area contributed by atoms with Crippen molar-refractivity contribution in [2.75, 3.05) is 19.7 Å². The molecule has 6 atom stereocenters. The Bertz CT molecular complexity index is 2930. The minimum Gasteiger partial charge on any atom is -0.481 e. The molecule has 0 radical (unpaired) electrons. The van der Waals surface area contributed by atoms with E-state index in [1.165, 1.54) is 11.8 Å². The highest BCUT2D eigenvalue weighted by Crippen LogP contribution is 2.41. The molecule has 0 unspecified atom stereocenters. The van der Waals surface area contributed by atoms with Crippen molar-refractivity contribution in [3.05, 3.63) is 83.7 Å². The maximum Gasteiger partial charge on any atom is 0.333 e. The molecule has 27 nitrogen and oxygen atoms in total. The Morgan fingerprint density at radius 1 is 0.690 bits per heavy atom. The molecule has 1 saturated heterocycles. The normalized spacial score (nSPS) is 14.4. The topological polar surface area (TPSA) is 396 Å². The molecule has 2 heterocycles. The highest BCUT2D eigenvalue weighted by Gasteiger charge is 2.39. The Hall–Kier alpha value is -9.15. The smallest absolute Gasteiger partial charge is 0.333 e. The Balaban J connectivity index is 1.59. The number of imide groups is 1. The summed E-state index contributed by atoms with van der Waals surface area (Å²) in [4.78, 5) is 171. The number of nitrogens with one attached hydrogen (secondary N) is 6. The molecule has 1 aromatic heterocycles. The Labute approximate surface area is 480 Å². The van der Waals surface area contributed by atoms with Crippen molar-refractivity contribution < 1.29 is 96.4 Å². The molecule has 0 spiro atoms. The van der Waals surface area contributed by atoms with Crippen LogP contribution >= 0.6 is 0 Å². The molecule has 0 bridgehead atoms. The zero-order valence-electron chi connectivity index (χ0n) is 46.7. The molecule has 10 N–H and O–H groups in total. The highest BCUT2D eigenvalue weighted by molar-refractivity contribution is 6.01. The summed E-state index contributed by atoms with van der Waals surface area (Å²) in [6.45, 7) is 5.62. The van der Waals surface area contributed by atoms with Crippen LogP contribution in [-0.2, 0) is 73.7 Å². The molecule has 0 aliphatic carbocycles. The van der Waals surface area contributed by atoms with Gasteiger partial charge < -0.3 is 66.6 Å². The summed E-state index contributed by atoms with van der Waals surface area (Å²) in [5.74, 6) is -15.3. The number of nitrogens with zero attached hydrogens (tertiary/aromatic N) is 3. The van der Waals surface area contributed by atoms with Gasteiger partial charge in [-0.1, -0.05) is 51.1 Å². The summed E-state index contributed by atoms with van der Waals surface area (Å²) in [6.07, 6.45) is -2.82. The Morgan fingerprint density at radius 3 is 1.92 bits per heavy atom. The van der Waals surface area contributed by atoms with Crippen LogP contribution in [-0.4, -0.2) is 162 Å². The summed E-state index contributed by atoms with van der Waals surface area (Å²) >= 11 is 0. The number of amides is 9. The first-order chi connectivity index (χ1) is 39.5. The van der Waals surface area contributed by atoms with Crippen molar-refractivity contribution in [2.45, 2.75) is 142 Å². The van der Waals surface area contributed by atoms with Gasteiger partial charge in [0.25, 0.3) is 11.8 Å². The number of hydrogen-bond acceptors (Lipinski definition) is 15. The summed E-state index contributed by atoms with van der Waals surface area (Å²) in [5, 5.41) is 53.0. The average Bonchev–Trinajstić information content (AvgIpc) is 2.02. The molecule has 0 saturated carbocycles. The molecule has 3 aromatic rings. The van der Waals surface area contributed by atoms with Crippen LogP contribution in [0.4, 0.5) is 8.78 Å². The monoisotopic (exact) mass is 1180 g/mol. The second-order valence-corrected chi connectivity index (χ2v) is 20.8. The zero-order valence-corrected chi connectivity index (χ0v) is 46.7. The van der Waals surface area contributed by atoms with Crippen molar-refractivity contribution in [3.63, 3.8) is 0 Å². The van der Waals surface area contributed by atoms with E-state index in [2.05, 4.69) is 31.9 Å². The van der Waals surface area contributed by atoms with E-state index in [-0.39, 0.29) is 49.8 Å². The van der Waals surface area contributed by atoms with Gasteiger partial charge in [0.2, 0.25) is 41.4 Å². The molecule has 1 fully saturated rings. The first-order valence-electron chi connectivity index (χ1n) is 26.6. The van der Waals surface area contributed by atoms with Crippen molar-refractivity contribution >= 4 is 77.0 Å². The lowest BCUT2D eigenvalue weighted by atomic mass is 9.82. The van der Waals surface area contributed by atoms with Gasteiger partial charge in [0, 0.05) is 81.2 Å². The number of aromatic nitrogens is 1. The SMILES string of the molecule is C[C@H](NC(=O)CCCC(=O)ON1C(=O)CCC1=O)C(=O)N[C@H](C)C(=O)N[C@@H](CC(=O)O)C(=O)N[C@@H](CCN(C(=O)CO)[C@@H](c1cc(-c2cc(F)ccc2F)cn1Cc1ccccc1)C(C)(C)C)C(=O)NCCC(=O)N[C@@H](CCC(=O)O)C(=O)O. The molecular formula is C55H69F2N9O18. The maximum absolute atomic E-state index is 15.4. The highest BCUT2D eigenvalue weighted by atomic mass is 19.1. The number of aliphatic hydroxyl groups excluding tert-OH is 1. The van der Waals surface area contributed by atoms with Crippen molar-refractivity contribution in [1.29, 1.82) is 0 Å². The molecule has 84 heavy (non-hydrogen) atoms. The van der Waals surface area contributed by atoms with Crippen LogP contribution in [0.5, 0.6) is 0 Å². The molecule has 4 rings (SSSR count). The summed E-state index contributed by atoms with van der Waals surface area (Å²) in [5.41, 5.74) is 0.212. The standard InChI is InChI=1S/C55H69F2N9O18/c1-30(59-41(68)12-9-13-48(77)84-66-43(70)17-18-44(66)71)50(78)60-31(2)51(79)63-39(26-47(75)76)53(81)62-37(52(80)58-22-20-42(69)61-38(54(82)83)16-19-46(73)74)21-23-65(45(72)29-67)49(55(3,4)5)40-24-33(35-25-34(56)14-15-36(35)57)28-64(40)27-32-10-7-6-8-11-32/h6-8,10-11,14-15,24-25,28,30-31,37-39,49,67H,9,12-13,16-23,26-27,29H2,1-5H3,(H,58,80)(H,59,68)(H,60,78)(H,61,69)(H,62,81)(H,63,79)(H,73,74)(H,75,76)(H,82,83)/t30-,31+,37-,38-,39-,49-/m0/s1. The lowest BCUT2D eigenvalue weighted by Crippen LogP contribution is -2.58. The van der Waals surface area contributed by atoms with Crippen LogP contribution in [0, 0.1) is 17.0 Å². The fraction of sp³-hybridized carbons (Fsp3) is 0.473. The summed E-state index contributed by atoms with van der Waals surface area (Å²) in [7, 11) is 0. The van der Waals surface area contributed by atoms with Crippen LogP contribution in [0.1, 0.15) is 116 Å². The second-order valence-electron chi connectivity index (χ2n) is 20.8. The fourth-order valence-corrected chi connectivity index (χ4v) is 8.79. The predicted octanol–water partition coefficient (Wildman–Crippen LogP) is 0.952. The van der Waals surface area contributed by atoms with Crippen LogP contribution in [0.15, 0.2) is 60.8 Å². The van der Waals surface area contributed by atoms with E-state index >= 15 is 4.39 Å². The molecule has 2 aromatic carbocycles. The Kier molecular flexibility index (Phi) is 25.1. The maximum atomic E-state index is 15.4. The number of hydroxylamine groups is 2. The number of halogens is 2. The van der Waals surface area contributed by atoms with E-state index < -0.39 is 182 Å². The molecule has 1 aliphatic heterocycles. The van der Waals surface area contributed by atoms with Gasteiger partial charge in [-0.2, -0.15) is 0 Å². The number of benzene rings is 2. The average molecular weight is 1180 g/mol. The van der Waals surface area contributed by atoms with Gasteiger partial charge in [0.15, 0.2) is 0 Å². The van der Waals surface area contributed by atoms with Gasteiger partial charge in [-0.15, -0.1) is 5.06 Å². The minimum absolute atomic E-state index is 0.114. The zero-order chi connectivity index (χ0) is 62.6. The molecule has 9 amide bonds. The van der Waals surface area contributed by atoms with Crippen LogP contribution < -0.4 is 31.9 Å². The summed E-state index contributed by atoms with van der Waals surface area (Å²) in [6, 6.07) is 4.09. The minimum atomic E-state index is -1.99. The molecular weight excluding hydrogens is 1110 g/mol. The van der Waals surface area contributed by atoms with Gasteiger partial charge in [-0.25, -0.2) is 18.4 Å². The number of carboxylic acid groups (broad SMARTS) is 3. The van der Waals surface area contributed by atoms with Crippen molar-refractivity contribution in [3.8, 4) is 11.1 Å². The number of hydrogen-bond donors (Lipinski definition) is 10. The third kappa shape index (κ3) is 20.7. The first kappa shape index (κ1) is 67.4. The van der Waals surface area contributed by atoms with Crippen LogP contribution in [0.25, 0.3) is 11.1 Å². The van der Waals surface area contributed by atoms with Crippen molar-refractivity contribution in [2.24, 2.45) is 5.41 Å².